The lowest BCUT2D eigenvalue weighted by Gasteiger charge is -2.11. The highest BCUT2D eigenvalue weighted by molar-refractivity contribution is 5.88. The van der Waals surface area contributed by atoms with Gasteiger partial charge in [0.05, 0.1) is 25.2 Å². The van der Waals surface area contributed by atoms with Crippen LogP contribution in [0, 0.1) is 12.7 Å². The summed E-state index contributed by atoms with van der Waals surface area (Å²) < 4.78 is 26.4. The molecule has 0 saturated carbocycles. The molecular formula is C19H19FN4O4. The van der Waals surface area contributed by atoms with Gasteiger partial charge in [0, 0.05) is 6.54 Å². The highest BCUT2D eigenvalue weighted by atomic mass is 19.1. The van der Waals surface area contributed by atoms with E-state index >= 15 is 0 Å². The average Bonchev–Trinajstić information content (AvgIpc) is 3.00. The van der Waals surface area contributed by atoms with E-state index in [4.69, 9.17) is 9.47 Å². The number of benzene rings is 1. The minimum absolute atomic E-state index is 0.0291. The predicted octanol–water partition coefficient (Wildman–Crippen LogP) is 3.70. The van der Waals surface area contributed by atoms with E-state index in [2.05, 4.69) is 15.0 Å². The van der Waals surface area contributed by atoms with Crippen molar-refractivity contribution in [3.63, 3.8) is 0 Å². The molecule has 146 valence electrons. The van der Waals surface area contributed by atoms with E-state index in [-0.39, 0.29) is 23.1 Å². The normalized spacial score (nSPS) is 10.7. The molecule has 0 bridgehead atoms. The van der Waals surface area contributed by atoms with Crippen molar-refractivity contribution in [3.8, 4) is 28.9 Å². The summed E-state index contributed by atoms with van der Waals surface area (Å²) in [5, 5.41) is 9.49. The van der Waals surface area contributed by atoms with Gasteiger partial charge >= 0.3 is 5.97 Å². The van der Waals surface area contributed by atoms with Crippen LogP contribution in [-0.4, -0.2) is 37.7 Å². The molecule has 0 amide bonds. The number of halogens is 1. The van der Waals surface area contributed by atoms with Crippen molar-refractivity contribution in [2.75, 3.05) is 7.11 Å². The Balaban J connectivity index is 2.04. The first kappa shape index (κ1) is 19.3. The van der Waals surface area contributed by atoms with Crippen LogP contribution in [0.2, 0.25) is 0 Å². The number of para-hydroxylation sites is 1. The van der Waals surface area contributed by atoms with E-state index in [1.807, 2.05) is 6.92 Å². The van der Waals surface area contributed by atoms with Gasteiger partial charge in [0.1, 0.15) is 5.69 Å². The first-order valence-corrected chi connectivity index (χ1v) is 8.59. The third-order valence-electron chi connectivity index (χ3n) is 3.99. The summed E-state index contributed by atoms with van der Waals surface area (Å²) in [6, 6.07) is 4.30. The van der Waals surface area contributed by atoms with Gasteiger partial charge in [-0.2, -0.15) is 0 Å². The fourth-order valence-electron chi connectivity index (χ4n) is 2.84. The minimum Gasteiger partial charge on any atom is -0.493 e. The molecule has 9 heteroatoms. The first-order valence-electron chi connectivity index (χ1n) is 8.59. The van der Waals surface area contributed by atoms with E-state index in [0.717, 1.165) is 0 Å². The number of aryl methyl sites for hydroxylation is 1. The quantitative estimate of drug-likeness (QED) is 0.661. The molecule has 0 unspecified atom stereocenters. The van der Waals surface area contributed by atoms with Crippen LogP contribution in [0.15, 0.2) is 30.6 Å². The zero-order chi connectivity index (χ0) is 20.3. The monoisotopic (exact) mass is 386 g/mol. The van der Waals surface area contributed by atoms with E-state index in [1.165, 1.54) is 31.6 Å². The van der Waals surface area contributed by atoms with Crippen molar-refractivity contribution in [1.82, 2.24) is 19.5 Å². The van der Waals surface area contributed by atoms with Gasteiger partial charge in [0.25, 0.3) is 0 Å². The number of carboxylic acid groups (broad SMARTS) is 1. The summed E-state index contributed by atoms with van der Waals surface area (Å²) in [6.07, 6.45) is 3.48. The average molecular weight is 386 g/mol. The second-order valence-electron chi connectivity index (χ2n) is 5.94. The number of carboxylic acids is 1. The molecule has 0 saturated heterocycles. The summed E-state index contributed by atoms with van der Waals surface area (Å²) in [5.74, 6) is -1.19. The lowest BCUT2D eigenvalue weighted by molar-refractivity contribution is 0.0684. The number of nitrogens with zero attached hydrogens (tertiary/aromatic N) is 4. The minimum atomic E-state index is -1.07. The van der Waals surface area contributed by atoms with Crippen molar-refractivity contribution < 1.29 is 23.8 Å². The van der Waals surface area contributed by atoms with Gasteiger partial charge in [-0.05, 0) is 25.5 Å². The van der Waals surface area contributed by atoms with Crippen LogP contribution in [0.1, 0.15) is 29.5 Å². The van der Waals surface area contributed by atoms with Crippen LogP contribution in [0.3, 0.4) is 0 Å². The Kier molecular flexibility index (Phi) is 5.53. The zero-order valence-electron chi connectivity index (χ0n) is 15.6. The molecule has 0 aliphatic rings. The Hall–Kier alpha value is -3.49. The largest absolute Gasteiger partial charge is 0.493 e. The maximum absolute atomic E-state index is 14.1. The molecule has 1 aromatic carbocycles. The standard InChI is InChI=1S/C19H19FN4O4/c1-4-8-24-16(19(25)26)11(2)22-18(24)13-9-21-10-15(23-13)28-17-12(20)6-5-7-14(17)27-3/h5-7,9-10H,4,8H2,1-3H3,(H,25,26). The lowest BCUT2D eigenvalue weighted by atomic mass is 10.3. The maximum atomic E-state index is 14.1. The molecule has 2 heterocycles. The number of hydrogen-bond acceptors (Lipinski definition) is 6. The van der Waals surface area contributed by atoms with Gasteiger partial charge in [0.15, 0.2) is 23.1 Å². The van der Waals surface area contributed by atoms with Gasteiger partial charge in [-0.25, -0.2) is 19.2 Å². The predicted molar refractivity (Wildman–Crippen MR) is 98.3 cm³/mol. The van der Waals surface area contributed by atoms with Crippen molar-refractivity contribution >= 4 is 5.97 Å². The Morgan fingerprint density at radius 2 is 2.07 bits per heavy atom. The molecule has 3 rings (SSSR count). The van der Waals surface area contributed by atoms with Gasteiger partial charge in [-0.3, -0.25) is 4.98 Å². The fourth-order valence-corrected chi connectivity index (χ4v) is 2.84. The van der Waals surface area contributed by atoms with Gasteiger partial charge in [0.2, 0.25) is 11.6 Å². The van der Waals surface area contributed by atoms with Crippen molar-refractivity contribution in [3.05, 3.63) is 47.8 Å². The van der Waals surface area contributed by atoms with E-state index < -0.39 is 11.8 Å². The smallest absolute Gasteiger partial charge is 0.354 e. The number of methoxy groups -OCH3 is 1. The summed E-state index contributed by atoms with van der Waals surface area (Å²) in [4.78, 5) is 24.4. The molecule has 8 nitrogen and oxygen atoms in total. The van der Waals surface area contributed by atoms with Crippen molar-refractivity contribution in [2.24, 2.45) is 0 Å². The van der Waals surface area contributed by atoms with Crippen LogP contribution < -0.4 is 9.47 Å². The highest BCUT2D eigenvalue weighted by Crippen LogP contribution is 2.33. The summed E-state index contributed by atoms with van der Waals surface area (Å²) in [6.45, 7) is 4.00. The second kappa shape index (κ2) is 8.03. The van der Waals surface area contributed by atoms with Crippen LogP contribution in [0.4, 0.5) is 4.39 Å². The molecule has 0 radical (unpaired) electrons. The third kappa shape index (κ3) is 3.64. The number of rotatable bonds is 7. The Morgan fingerprint density at radius 3 is 2.75 bits per heavy atom. The lowest BCUT2D eigenvalue weighted by Crippen LogP contribution is -2.11. The molecule has 1 N–H and O–H groups in total. The number of ether oxygens (including phenoxy) is 2. The molecule has 0 aliphatic heterocycles. The molecule has 0 spiro atoms. The maximum Gasteiger partial charge on any atom is 0.354 e. The Bertz CT molecular complexity index is 1020. The molecular weight excluding hydrogens is 367 g/mol. The molecule has 0 atom stereocenters. The number of carbonyl (C=O) groups is 1. The second-order valence-corrected chi connectivity index (χ2v) is 5.94. The van der Waals surface area contributed by atoms with Crippen LogP contribution in [0.25, 0.3) is 11.5 Å². The van der Waals surface area contributed by atoms with Gasteiger partial charge in [-0.15, -0.1) is 0 Å². The zero-order valence-corrected chi connectivity index (χ0v) is 15.6. The van der Waals surface area contributed by atoms with Crippen LogP contribution in [-0.2, 0) is 6.54 Å². The Labute approximate surface area is 160 Å². The number of hydrogen-bond donors (Lipinski definition) is 1. The molecule has 0 fully saturated rings. The Morgan fingerprint density at radius 1 is 1.29 bits per heavy atom. The summed E-state index contributed by atoms with van der Waals surface area (Å²) in [5.41, 5.74) is 0.789. The van der Waals surface area contributed by atoms with E-state index in [0.29, 0.717) is 30.2 Å². The SMILES string of the molecule is CCCn1c(-c2cncc(Oc3c(F)cccc3OC)n2)nc(C)c1C(=O)O. The number of aromatic nitrogens is 4. The number of aromatic carboxylic acids is 1. The highest BCUT2D eigenvalue weighted by Gasteiger charge is 2.22. The van der Waals surface area contributed by atoms with E-state index in [9.17, 15) is 14.3 Å². The first-order chi connectivity index (χ1) is 13.5. The molecule has 2 aromatic heterocycles. The van der Waals surface area contributed by atoms with Crippen LogP contribution in [0.5, 0.6) is 17.4 Å². The number of imidazole rings is 1. The fraction of sp³-hybridized carbons (Fsp3) is 0.263. The van der Waals surface area contributed by atoms with Crippen LogP contribution >= 0.6 is 0 Å². The molecule has 28 heavy (non-hydrogen) atoms. The molecule has 0 aliphatic carbocycles. The van der Waals surface area contributed by atoms with Crippen molar-refractivity contribution in [2.45, 2.75) is 26.8 Å². The molecule has 3 aromatic rings. The van der Waals surface area contributed by atoms with E-state index in [1.54, 1.807) is 17.6 Å². The summed E-state index contributed by atoms with van der Waals surface area (Å²) in [7, 11) is 1.40. The van der Waals surface area contributed by atoms with Crippen molar-refractivity contribution in [1.29, 1.82) is 0 Å². The topological polar surface area (TPSA) is 99.4 Å². The summed E-state index contributed by atoms with van der Waals surface area (Å²) >= 11 is 0. The van der Waals surface area contributed by atoms with Gasteiger partial charge in [-0.1, -0.05) is 13.0 Å². The third-order valence-corrected chi connectivity index (χ3v) is 3.99. The van der Waals surface area contributed by atoms with Gasteiger partial charge < -0.3 is 19.1 Å².